The maximum Gasteiger partial charge on any atom is 0.138 e. The highest BCUT2D eigenvalue weighted by atomic mass is 35.5. The number of hydrogen-bond acceptors (Lipinski definition) is 4. The van der Waals surface area contributed by atoms with E-state index in [0.717, 1.165) is 29.9 Å². The molecular formula is C13H18ClNO2S. The van der Waals surface area contributed by atoms with E-state index in [4.69, 9.17) is 11.6 Å². The third-order valence-corrected chi connectivity index (χ3v) is 4.55. The number of phenols is 1. The van der Waals surface area contributed by atoms with Crippen molar-refractivity contribution >= 4 is 23.4 Å². The van der Waals surface area contributed by atoms with Crippen LogP contribution in [0.5, 0.6) is 5.75 Å². The highest BCUT2D eigenvalue weighted by molar-refractivity contribution is 7.99. The Kier molecular flexibility index (Phi) is 4.78. The van der Waals surface area contributed by atoms with Gasteiger partial charge in [0, 0.05) is 18.7 Å². The average molecular weight is 288 g/mol. The molecule has 0 spiro atoms. The highest BCUT2D eigenvalue weighted by Gasteiger charge is 2.28. The van der Waals surface area contributed by atoms with Crippen LogP contribution in [0.4, 0.5) is 0 Å². The molecule has 1 aromatic carbocycles. The number of para-hydroxylation sites is 1. The predicted octanol–water partition coefficient (Wildman–Crippen LogP) is 2.39. The smallest absolute Gasteiger partial charge is 0.138 e. The van der Waals surface area contributed by atoms with Crippen molar-refractivity contribution in [1.82, 2.24) is 5.32 Å². The second-order valence-electron chi connectivity index (χ2n) is 4.69. The van der Waals surface area contributed by atoms with Crippen LogP contribution in [0.1, 0.15) is 18.4 Å². The fraction of sp³-hybridized carbons (Fsp3) is 0.538. The lowest BCUT2D eigenvalue weighted by molar-refractivity contribution is 0.0320. The van der Waals surface area contributed by atoms with Crippen molar-refractivity contribution in [2.75, 3.05) is 18.1 Å². The van der Waals surface area contributed by atoms with Crippen LogP contribution in [-0.4, -0.2) is 33.9 Å². The largest absolute Gasteiger partial charge is 0.506 e. The average Bonchev–Trinajstić information content (AvgIpc) is 2.35. The second-order valence-corrected chi connectivity index (χ2v) is 6.32. The minimum atomic E-state index is -0.598. The Bertz CT molecular complexity index is 408. The number of nitrogens with one attached hydrogen (secondary N) is 1. The first-order chi connectivity index (χ1) is 8.61. The normalized spacial score (nSPS) is 18.8. The summed E-state index contributed by atoms with van der Waals surface area (Å²) in [5.41, 5.74) is 0.163. The van der Waals surface area contributed by atoms with E-state index in [2.05, 4.69) is 5.32 Å². The molecular weight excluding hydrogens is 270 g/mol. The van der Waals surface area contributed by atoms with Gasteiger partial charge < -0.3 is 15.5 Å². The fourth-order valence-corrected chi connectivity index (χ4v) is 3.51. The summed E-state index contributed by atoms with van der Waals surface area (Å²) >= 11 is 7.73. The third-order valence-electron chi connectivity index (χ3n) is 3.26. The van der Waals surface area contributed by atoms with E-state index in [9.17, 15) is 10.2 Å². The molecule has 0 amide bonds. The molecule has 0 bridgehead atoms. The molecule has 0 aliphatic carbocycles. The maximum atomic E-state index is 10.3. The molecule has 1 saturated heterocycles. The Morgan fingerprint density at radius 1 is 1.33 bits per heavy atom. The van der Waals surface area contributed by atoms with Crippen molar-refractivity contribution in [2.45, 2.75) is 25.0 Å². The monoisotopic (exact) mass is 287 g/mol. The SMILES string of the molecule is Oc1c(Cl)cccc1CNCC1(O)CCSCC1. The van der Waals surface area contributed by atoms with Crippen molar-refractivity contribution in [1.29, 1.82) is 0 Å². The molecule has 18 heavy (non-hydrogen) atoms. The first-order valence-electron chi connectivity index (χ1n) is 6.08. The molecule has 0 atom stereocenters. The summed E-state index contributed by atoms with van der Waals surface area (Å²) in [5, 5.41) is 23.6. The van der Waals surface area contributed by atoms with Crippen LogP contribution in [0.25, 0.3) is 0 Å². The molecule has 3 nitrogen and oxygen atoms in total. The summed E-state index contributed by atoms with van der Waals surface area (Å²) in [5.74, 6) is 2.15. The molecule has 3 N–H and O–H groups in total. The number of benzene rings is 1. The first-order valence-corrected chi connectivity index (χ1v) is 7.61. The van der Waals surface area contributed by atoms with Crippen LogP contribution in [0.2, 0.25) is 5.02 Å². The van der Waals surface area contributed by atoms with E-state index < -0.39 is 5.60 Å². The third kappa shape index (κ3) is 3.54. The van der Waals surface area contributed by atoms with Gasteiger partial charge in [0.15, 0.2) is 0 Å². The molecule has 1 heterocycles. The molecule has 0 aromatic heterocycles. The van der Waals surface area contributed by atoms with Gasteiger partial charge in [-0.3, -0.25) is 0 Å². The van der Waals surface area contributed by atoms with E-state index in [1.807, 2.05) is 23.9 Å². The topological polar surface area (TPSA) is 52.5 Å². The predicted molar refractivity (Wildman–Crippen MR) is 76.3 cm³/mol. The van der Waals surface area contributed by atoms with Gasteiger partial charge in [-0.05, 0) is 30.4 Å². The molecule has 1 fully saturated rings. The summed E-state index contributed by atoms with van der Waals surface area (Å²) in [6, 6.07) is 5.30. The van der Waals surface area contributed by atoms with Gasteiger partial charge in [0.05, 0.1) is 10.6 Å². The zero-order valence-electron chi connectivity index (χ0n) is 10.2. The number of thioether (sulfide) groups is 1. The number of aliphatic hydroxyl groups is 1. The van der Waals surface area contributed by atoms with Crippen molar-refractivity contribution in [3.05, 3.63) is 28.8 Å². The van der Waals surface area contributed by atoms with Crippen molar-refractivity contribution in [2.24, 2.45) is 0 Å². The van der Waals surface area contributed by atoms with Gasteiger partial charge in [-0.1, -0.05) is 23.7 Å². The van der Waals surface area contributed by atoms with Crippen LogP contribution in [0.3, 0.4) is 0 Å². The molecule has 0 saturated carbocycles. The minimum absolute atomic E-state index is 0.123. The fourth-order valence-electron chi connectivity index (χ4n) is 2.06. The Hall–Kier alpha value is -0.420. The number of phenolic OH excluding ortho intramolecular Hbond substituents is 1. The van der Waals surface area contributed by atoms with Gasteiger partial charge in [-0.2, -0.15) is 11.8 Å². The van der Waals surface area contributed by atoms with Crippen LogP contribution >= 0.6 is 23.4 Å². The number of aromatic hydroxyl groups is 1. The van der Waals surface area contributed by atoms with Gasteiger partial charge in [-0.25, -0.2) is 0 Å². The van der Waals surface area contributed by atoms with E-state index >= 15 is 0 Å². The summed E-state index contributed by atoms with van der Waals surface area (Å²) in [4.78, 5) is 0. The van der Waals surface area contributed by atoms with E-state index in [1.54, 1.807) is 6.07 Å². The van der Waals surface area contributed by atoms with Crippen molar-refractivity contribution in [3.8, 4) is 5.75 Å². The molecule has 1 aromatic rings. The molecule has 1 aliphatic rings. The van der Waals surface area contributed by atoms with Crippen LogP contribution in [0, 0.1) is 0 Å². The molecule has 100 valence electrons. The minimum Gasteiger partial charge on any atom is -0.506 e. The van der Waals surface area contributed by atoms with Crippen LogP contribution in [0.15, 0.2) is 18.2 Å². The Balaban J connectivity index is 1.86. The van der Waals surface area contributed by atoms with E-state index in [1.165, 1.54) is 0 Å². The number of hydrogen-bond donors (Lipinski definition) is 3. The highest BCUT2D eigenvalue weighted by Crippen LogP contribution is 2.28. The van der Waals surface area contributed by atoms with Gasteiger partial charge >= 0.3 is 0 Å². The van der Waals surface area contributed by atoms with Crippen LogP contribution < -0.4 is 5.32 Å². The zero-order valence-corrected chi connectivity index (χ0v) is 11.7. The second kappa shape index (κ2) is 6.15. The Labute approximate surface area is 117 Å². The molecule has 1 aliphatic heterocycles. The van der Waals surface area contributed by atoms with Gasteiger partial charge in [-0.15, -0.1) is 0 Å². The van der Waals surface area contributed by atoms with Crippen molar-refractivity contribution in [3.63, 3.8) is 0 Å². The van der Waals surface area contributed by atoms with E-state index in [-0.39, 0.29) is 5.75 Å². The summed E-state index contributed by atoms with van der Waals surface area (Å²) in [7, 11) is 0. The van der Waals surface area contributed by atoms with Crippen molar-refractivity contribution < 1.29 is 10.2 Å². The Morgan fingerprint density at radius 3 is 2.78 bits per heavy atom. The molecule has 2 rings (SSSR count). The quantitative estimate of drug-likeness (QED) is 0.796. The van der Waals surface area contributed by atoms with Gasteiger partial charge in [0.2, 0.25) is 0 Å². The standard InChI is InChI=1S/C13H18ClNO2S/c14-11-3-1-2-10(12(11)16)8-15-9-13(17)4-6-18-7-5-13/h1-3,15-17H,4-9H2. The lowest BCUT2D eigenvalue weighted by Crippen LogP contribution is -2.43. The van der Waals surface area contributed by atoms with Crippen LogP contribution in [-0.2, 0) is 6.54 Å². The maximum absolute atomic E-state index is 10.3. The first kappa shape index (κ1) is 14.0. The lowest BCUT2D eigenvalue weighted by Gasteiger charge is -2.32. The zero-order chi connectivity index (χ0) is 13.0. The molecule has 0 radical (unpaired) electrons. The summed E-state index contributed by atoms with van der Waals surface area (Å²) in [6.07, 6.45) is 1.65. The number of rotatable bonds is 4. The Morgan fingerprint density at radius 2 is 2.06 bits per heavy atom. The van der Waals surface area contributed by atoms with Gasteiger partial charge in [0.25, 0.3) is 0 Å². The van der Waals surface area contributed by atoms with E-state index in [0.29, 0.717) is 18.1 Å². The lowest BCUT2D eigenvalue weighted by atomic mass is 9.97. The summed E-state index contributed by atoms with van der Waals surface area (Å²) in [6.45, 7) is 1.07. The molecule has 5 heteroatoms. The summed E-state index contributed by atoms with van der Waals surface area (Å²) < 4.78 is 0. The molecule has 0 unspecified atom stereocenters. The number of halogens is 1. The van der Waals surface area contributed by atoms with Gasteiger partial charge in [0.1, 0.15) is 5.75 Å².